The SMILES string of the molecule is COC(=O)/C=C1/S/C(=N\N=Cc2cccc(Cn3ccnc3)c2)NC1=O. The highest BCUT2D eigenvalue weighted by molar-refractivity contribution is 8.18. The summed E-state index contributed by atoms with van der Waals surface area (Å²) in [6, 6.07) is 7.85. The molecule has 1 N–H and O–H groups in total. The number of benzene rings is 1. The van der Waals surface area contributed by atoms with Crippen LogP contribution in [0.3, 0.4) is 0 Å². The molecule has 0 radical (unpaired) electrons. The van der Waals surface area contributed by atoms with Crippen molar-refractivity contribution in [3.63, 3.8) is 0 Å². The number of ether oxygens (including phenoxy) is 1. The zero-order valence-corrected chi connectivity index (χ0v) is 14.6. The molecule has 3 rings (SSSR count). The molecule has 0 saturated carbocycles. The fourth-order valence-corrected chi connectivity index (χ4v) is 2.89. The predicted molar refractivity (Wildman–Crippen MR) is 98.6 cm³/mol. The molecule has 0 unspecified atom stereocenters. The van der Waals surface area contributed by atoms with Crippen LogP contribution in [0.25, 0.3) is 0 Å². The van der Waals surface area contributed by atoms with E-state index in [1.165, 1.54) is 7.11 Å². The van der Waals surface area contributed by atoms with Gasteiger partial charge in [0.2, 0.25) is 0 Å². The second kappa shape index (κ2) is 8.26. The van der Waals surface area contributed by atoms with Crippen molar-refractivity contribution >= 4 is 35.0 Å². The summed E-state index contributed by atoms with van der Waals surface area (Å²) in [6.07, 6.45) is 8.10. The van der Waals surface area contributed by atoms with Gasteiger partial charge in [-0.15, -0.1) is 5.10 Å². The van der Waals surface area contributed by atoms with Gasteiger partial charge in [-0.05, 0) is 29.0 Å². The number of hydrogen-bond acceptors (Lipinski definition) is 7. The lowest BCUT2D eigenvalue weighted by Gasteiger charge is -2.03. The van der Waals surface area contributed by atoms with Gasteiger partial charge in [-0.25, -0.2) is 9.78 Å². The Hall–Kier alpha value is -3.20. The standard InChI is InChI=1S/C17H15N5O3S/c1-25-15(23)8-14-16(24)20-17(26-14)21-19-9-12-3-2-4-13(7-12)10-22-6-5-18-11-22/h2-9,11H,10H2,1H3,(H,20,21,24)/b14-8+,19-9?. The average molecular weight is 369 g/mol. The molecular formula is C17H15N5O3S. The lowest BCUT2D eigenvalue weighted by Crippen LogP contribution is -2.19. The van der Waals surface area contributed by atoms with Gasteiger partial charge in [0.05, 0.1) is 24.6 Å². The van der Waals surface area contributed by atoms with E-state index in [0.29, 0.717) is 11.7 Å². The second-order valence-electron chi connectivity index (χ2n) is 5.22. The Bertz CT molecular complexity index is 903. The first-order valence-electron chi connectivity index (χ1n) is 7.58. The number of carbonyl (C=O) groups is 2. The van der Waals surface area contributed by atoms with Gasteiger partial charge in [-0.1, -0.05) is 18.2 Å². The van der Waals surface area contributed by atoms with Gasteiger partial charge in [-0.2, -0.15) is 5.10 Å². The van der Waals surface area contributed by atoms with Crippen molar-refractivity contribution < 1.29 is 14.3 Å². The Kier molecular flexibility index (Phi) is 5.59. The van der Waals surface area contributed by atoms with Gasteiger partial charge < -0.3 is 9.30 Å². The van der Waals surface area contributed by atoms with Crippen LogP contribution in [0, 0.1) is 0 Å². The maximum Gasteiger partial charge on any atom is 0.331 e. The van der Waals surface area contributed by atoms with E-state index in [9.17, 15) is 9.59 Å². The van der Waals surface area contributed by atoms with E-state index >= 15 is 0 Å². The number of nitrogens with one attached hydrogen (secondary N) is 1. The molecule has 1 fully saturated rings. The van der Waals surface area contributed by atoms with Gasteiger partial charge in [0, 0.05) is 25.0 Å². The van der Waals surface area contributed by atoms with E-state index in [0.717, 1.165) is 29.0 Å². The Morgan fingerprint density at radius 3 is 3.12 bits per heavy atom. The third kappa shape index (κ3) is 4.67. The van der Waals surface area contributed by atoms with Crippen LogP contribution in [-0.2, 0) is 20.9 Å². The molecule has 1 aliphatic heterocycles. The Morgan fingerprint density at radius 2 is 2.35 bits per heavy atom. The quantitative estimate of drug-likeness (QED) is 0.373. The second-order valence-corrected chi connectivity index (χ2v) is 6.25. The maximum absolute atomic E-state index is 11.7. The molecule has 0 spiro atoms. The number of methoxy groups -OCH3 is 1. The van der Waals surface area contributed by atoms with Crippen LogP contribution >= 0.6 is 11.8 Å². The first-order chi connectivity index (χ1) is 12.6. The molecule has 0 bridgehead atoms. The number of rotatable bonds is 5. The number of amides is 1. The molecule has 1 aromatic carbocycles. The third-order valence-corrected chi connectivity index (χ3v) is 4.23. The highest BCUT2D eigenvalue weighted by atomic mass is 32.2. The molecule has 9 heteroatoms. The summed E-state index contributed by atoms with van der Waals surface area (Å²) in [4.78, 5) is 27.1. The van der Waals surface area contributed by atoms with Crippen LogP contribution in [-0.4, -0.2) is 39.9 Å². The summed E-state index contributed by atoms with van der Waals surface area (Å²) in [5.41, 5.74) is 1.98. The normalized spacial score (nSPS) is 17.2. The van der Waals surface area contributed by atoms with E-state index < -0.39 is 11.9 Å². The molecule has 1 aromatic heterocycles. The lowest BCUT2D eigenvalue weighted by atomic mass is 10.1. The minimum Gasteiger partial charge on any atom is -0.466 e. The number of carbonyl (C=O) groups excluding carboxylic acids is 2. The Balaban J connectivity index is 1.65. The fourth-order valence-electron chi connectivity index (χ4n) is 2.15. The highest BCUT2D eigenvalue weighted by Crippen LogP contribution is 2.23. The maximum atomic E-state index is 11.7. The van der Waals surface area contributed by atoms with Crippen LogP contribution in [0.5, 0.6) is 0 Å². The number of imidazole rings is 1. The summed E-state index contributed by atoms with van der Waals surface area (Å²) < 4.78 is 6.47. The van der Waals surface area contributed by atoms with E-state index in [2.05, 4.69) is 25.2 Å². The monoisotopic (exact) mass is 369 g/mol. The first-order valence-corrected chi connectivity index (χ1v) is 8.40. The number of hydrogen-bond donors (Lipinski definition) is 1. The van der Waals surface area contributed by atoms with E-state index in [1.807, 2.05) is 35.0 Å². The minimum atomic E-state index is -0.595. The summed E-state index contributed by atoms with van der Waals surface area (Å²) in [5, 5.41) is 10.8. The van der Waals surface area contributed by atoms with Crippen molar-refractivity contribution in [2.45, 2.75) is 6.54 Å². The molecule has 26 heavy (non-hydrogen) atoms. The summed E-state index contributed by atoms with van der Waals surface area (Å²) >= 11 is 1.03. The van der Waals surface area contributed by atoms with Crippen LogP contribution in [0.15, 0.2) is 64.2 Å². The molecule has 1 aliphatic rings. The molecule has 2 heterocycles. The highest BCUT2D eigenvalue weighted by Gasteiger charge is 2.24. The molecule has 8 nitrogen and oxygen atoms in total. The van der Waals surface area contributed by atoms with Crippen LogP contribution in [0.1, 0.15) is 11.1 Å². The number of esters is 1. The number of amidine groups is 1. The van der Waals surface area contributed by atoms with Crippen molar-refractivity contribution in [3.8, 4) is 0 Å². The van der Waals surface area contributed by atoms with Crippen molar-refractivity contribution in [1.82, 2.24) is 14.9 Å². The molecule has 2 aromatic rings. The largest absolute Gasteiger partial charge is 0.466 e. The van der Waals surface area contributed by atoms with Gasteiger partial charge in [-0.3, -0.25) is 10.1 Å². The molecule has 1 amide bonds. The summed E-state index contributed by atoms with van der Waals surface area (Å²) in [5.74, 6) is -1.00. The Morgan fingerprint density at radius 1 is 1.46 bits per heavy atom. The molecule has 1 saturated heterocycles. The average Bonchev–Trinajstić information content (AvgIpc) is 3.25. The van der Waals surface area contributed by atoms with Gasteiger partial charge in [0.25, 0.3) is 5.91 Å². The topological polar surface area (TPSA) is 97.9 Å². The number of nitrogens with zero attached hydrogens (tertiary/aromatic N) is 4. The van der Waals surface area contributed by atoms with Crippen molar-refractivity contribution in [2.24, 2.45) is 10.2 Å². The van der Waals surface area contributed by atoms with Crippen LogP contribution in [0.2, 0.25) is 0 Å². The molecule has 0 aliphatic carbocycles. The lowest BCUT2D eigenvalue weighted by molar-refractivity contribution is -0.135. The van der Waals surface area contributed by atoms with E-state index in [1.54, 1.807) is 18.7 Å². The van der Waals surface area contributed by atoms with Gasteiger partial charge in [0.15, 0.2) is 5.17 Å². The zero-order chi connectivity index (χ0) is 18.4. The molecular weight excluding hydrogens is 354 g/mol. The third-order valence-electron chi connectivity index (χ3n) is 3.33. The van der Waals surface area contributed by atoms with Gasteiger partial charge >= 0.3 is 5.97 Å². The van der Waals surface area contributed by atoms with Crippen LogP contribution in [0.4, 0.5) is 0 Å². The summed E-state index contributed by atoms with van der Waals surface area (Å²) in [6.45, 7) is 0.712. The van der Waals surface area contributed by atoms with Crippen molar-refractivity contribution in [1.29, 1.82) is 0 Å². The minimum absolute atomic E-state index is 0.216. The van der Waals surface area contributed by atoms with Crippen LogP contribution < -0.4 is 5.32 Å². The Labute approximate surface area is 153 Å². The summed E-state index contributed by atoms with van der Waals surface area (Å²) in [7, 11) is 1.25. The van der Waals surface area contributed by atoms with Crippen molar-refractivity contribution in [3.05, 3.63) is 65.1 Å². The van der Waals surface area contributed by atoms with Gasteiger partial charge in [0.1, 0.15) is 0 Å². The van der Waals surface area contributed by atoms with Crippen molar-refractivity contribution in [2.75, 3.05) is 7.11 Å². The number of thioether (sulfide) groups is 1. The molecule has 0 atom stereocenters. The zero-order valence-electron chi connectivity index (χ0n) is 13.8. The number of aromatic nitrogens is 2. The predicted octanol–water partition coefficient (Wildman–Crippen LogP) is 1.54. The van der Waals surface area contributed by atoms with E-state index in [-0.39, 0.29) is 4.91 Å². The van der Waals surface area contributed by atoms with E-state index in [4.69, 9.17) is 0 Å². The molecule has 132 valence electrons. The first kappa shape index (κ1) is 17.6. The fraction of sp³-hybridized carbons (Fsp3) is 0.118. The smallest absolute Gasteiger partial charge is 0.331 e.